The van der Waals surface area contributed by atoms with Crippen molar-refractivity contribution in [2.75, 3.05) is 31.1 Å². The molecule has 1 amide bonds. The van der Waals surface area contributed by atoms with Crippen LogP contribution < -0.4 is 4.90 Å². The maximum Gasteiger partial charge on any atom is 0.253 e. The monoisotopic (exact) mass is 426 g/mol. The first-order valence-electron chi connectivity index (χ1n) is 10.9. The summed E-state index contributed by atoms with van der Waals surface area (Å²) < 4.78 is 1.83. The van der Waals surface area contributed by atoms with Crippen molar-refractivity contribution in [2.45, 2.75) is 20.8 Å². The number of amides is 1. The van der Waals surface area contributed by atoms with Gasteiger partial charge >= 0.3 is 0 Å². The molecule has 7 heteroatoms. The molecule has 1 aliphatic rings. The molecular formula is C25H26N6O. The topological polar surface area (TPSA) is 67.2 Å². The SMILES string of the molecule is Cc1nn(-c2ccc(N3CCN(C(=O)c4ccc5ccccc5c4)CC3)nn2)c(C)c1C. The summed E-state index contributed by atoms with van der Waals surface area (Å²) >= 11 is 0. The summed E-state index contributed by atoms with van der Waals surface area (Å²) in [6, 6.07) is 18.0. The van der Waals surface area contributed by atoms with Gasteiger partial charge in [0, 0.05) is 37.4 Å². The first-order valence-corrected chi connectivity index (χ1v) is 10.9. The molecule has 4 aromatic rings. The zero-order chi connectivity index (χ0) is 22.2. The molecule has 2 aromatic heterocycles. The van der Waals surface area contributed by atoms with Crippen LogP contribution in [0.2, 0.25) is 0 Å². The standard InChI is InChI=1S/C25H26N6O/c1-17-18(2)28-31(19(17)3)24-11-10-23(26-27-24)29-12-14-30(15-13-29)25(32)22-9-8-20-6-4-5-7-21(20)16-22/h4-11,16H,12-15H2,1-3H3. The van der Waals surface area contributed by atoms with E-state index in [4.69, 9.17) is 0 Å². The van der Waals surface area contributed by atoms with Gasteiger partial charge in [0.05, 0.1) is 5.69 Å². The molecule has 0 unspecified atom stereocenters. The molecule has 0 spiro atoms. The lowest BCUT2D eigenvalue weighted by atomic mass is 10.1. The fraction of sp³-hybridized carbons (Fsp3) is 0.280. The molecule has 1 fully saturated rings. The molecule has 1 aliphatic heterocycles. The number of aromatic nitrogens is 4. The highest BCUT2D eigenvalue weighted by Gasteiger charge is 2.23. The maximum atomic E-state index is 13.0. The van der Waals surface area contributed by atoms with E-state index in [1.165, 1.54) is 5.56 Å². The molecule has 0 atom stereocenters. The van der Waals surface area contributed by atoms with Crippen molar-refractivity contribution in [2.24, 2.45) is 0 Å². The lowest BCUT2D eigenvalue weighted by Gasteiger charge is -2.35. The van der Waals surface area contributed by atoms with E-state index in [9.17, 15) is 4.79 Å². The Morgan fingerprint density at radius 1 is 0.812 bits per heavy atom. The molecular weight excluding hydrogens is 400 g/mol. The second-order valence-electron chi connectivity index (χ2n) is 8.30. The second-order valence-corrected chi connectivity index (χ2v) is 8.30. The van der Waals surface area contributed by atoms with E-state index in [0.29, 0.717) is 18.9 Å². The zero-order valence-electron chi connectivity index (χ0n) is 18.6. The zero-order valence-corrected chi connectivity index (χ0v) is 18.6. The van der Waals surface area contributed by atoms with Crippen molar-refractivity contribution in [3.8, 4) is 5.82 Å². The van der Waals surface area contributed by atoms with Crippen LogP contribution in [0.5, 0.6) is 0 Å². The number of piperazine rings is 1. The fourth-order valence-corrected chi connectivity index (χ4v) is 4.19. The summed E-state index contributed by atoms with van der Waals surface area (Å²) in [5.41, 5.74) is 3.98. The quantitative estimate of drug-likeness (QED) is 0.500. The molecule has 162 valence electrons. The third-order valence-electron chi connectivity index (χ3n) is 6.39. The van der Waals surface area contributed by atoms with E-state index >= 15 is 0 Å². The summed E-state index contributed by atoms with van der Waals surface area (Å²) in [7, 11) is 0. The number of carbonyl (C=O) groups excluding carboxylic acids is 1. The van der Waals surface area contributed by atoms with Crippen molar-refractivity contribution >= 4 is 22.5 Å². The van der Waals surface area contributed by atoms with Crippen LogP contribution in [0, 0.1) is 20.8 Å². The van der Waals surface area contributed by atoms with Gasteiger partial charge in [-0.15, -0.1) is 10.2 Å². The first-order chi connectivity index (χ1) is 15.5. The Morgan fingerprint density at radius 2 is 1.50 bits per heavy atom. The number of hydrogen-bond acceptors (Lipinski definition) is 5. The molecule has 32 heavy (non-hydrogen) atoms. The van der Waals surface area contributed by atoms with Crippen LogP contribution in [-0.4, -0.2) is 57.0 Å². The molecule has 2 aromatic carbocycles. The number of hydrogen-bond donors (Lipinski definition) is 0. The van der Waals surface area contributed by atoms with E-state index in [0.717, 1.165) is 46.6 Å². The Hall–Kier alpha value is -3.74. The van der Waals surface area contributed by atoms with E-state index in [-0.39, 0.29) is 5.91 Å². The average molecular weight is 427 g/mol. The van der Waals surface area contributed by atoms with Crippen LogP contribution in [0.3, 0.4) is 0 Å². The third-order valence-corrected chi connectivity index (χ3v) is 6.39. The number of aryl methyl sites for hydroxylation is 1. The van der Waals surface area contributed by atoms with Gasteiger partial charge in [-0.3, -0.25) is 4.79 Å². The molecule has 0 bridgehead atoms. The molecule has 5 rings (SSSR count). The normalized spacial score (nSPS) is 14.2. The summed E-state index contributed by atoms with van der Waals surface area (Å²) in [5, 5.41) is 15.6. The highest BCUT2D eigenvalue weighted by Crippen LogP contribution is 2.20. The average Bonchev–Trinajstić information content (AvgIpc) is 3.10. The molecule has 0 radical (unpaired) electrons. The van der Waals surface area contributed by atoms with Crippen molar-refractivity contribution in [3.63, 3.8) is 0 Å². The number of carbonyl (C=O) groups is 1. The summed E-state index contributed by atoms with van der Waals surface area (Å²) in [4.78, 5) is 17.1. The Bertz CT molecular complexity index is 1290. The predicted molar refractivity (Wildman–Crippen MR) is 125 cm³/mol. The van der Waals surface area contributed by atoms with Gasteiger partial charge in [-0.1, -0.05) is 30.3 Å². The van der Waals surface area contributed by atoms with Gasteiger partial charge in [0.25, 0.3) is 5.91 Å². The van der Waals surface area contributed by atoms with Crippen LogP contribution >= 0.6 is 0 Å². The van der Waals surface area contributed by atoms with Gasteiger partial charge in [-0.2, -0.15) is 5.10 Å². The Morgan fingerprint density at radius 3 is 2.16 bits per heavy atom. The lowest BCUT2D eigenvalue weighted by molar-refractivity contribution is 0.0746. The van der Waals surface area contributed by atoms with Crippen molar-refractivity contribution in [1.29, 1.82) is 0 Å². The number of fused-ring (bicyclic) bond motifs is 1. The van der Waals surface area contributed by atoms with Gasteiger partial charge in [-0.25, -0.2) is 4.68 Å². The van der Waals surface area contributed by atoms with Gasteiger partial charge < -0.3 is 9.80 Å². The molecule has 0 aliphatic carbocycles. The molecule has 3 heterocycles. The van der Waals surface area contributed by atoms with E-state index in [2.05, 4.69) is 33.2 Å². The first kappa shape index (κ1) is 20.2. The predicted octanol–water partition coefficient (Wildman–Crippen LogP) is 3.70. The van der Waals surface area contributed by atoms with E-state index < -0.39 is 0 Å². The number of benzene rings is 2. The fourth-order valence-electron chi connectivity index (χ4n) is 4.19. The van der Waals surface area contributed by atoms with Crippen LogP contribution in [0.15, 0.2) is 54.6 Å². The minimum absolute atomic E-state index is 0.0803. The molecule has 7 nitrogen and oxygen atoms in total. The lowest BCUT2D eigenvalue weighted by Crippen LogP contribution is -2.49. The summed E-state index contributed by atoms with van der Waals surface area (Å²) in [5.74, 6) is 1.62. The van der Waals surface area contributed by atoms with Crippen LogP contribution in [0.25, 0.3) is 16.6 Å². The summed E-state index contributed by atoms with van der Waals surface area (Å²) in [6.45, 7) is 8.88. The van der Waals surface area contributed by atoms with Crippen molar-refractivity contribution < 1.29 is 4.79 Å². The van der Waals surface area contributed by atoms with Crippen LogP contribution in [0.4, 0.5) is 5.82 Å². The van der Waals surface area contributed by atoms with Gasteiger partial charge in [0.2, 0.25) is 0 Å². The Labute approximate surface area is 187 Å². The second kappa shape index (κ2) is 8.07. The van der Waals surface area contributed by atoms with Crippen molar-refractivity contribution in [3.05, 3.63) is 77.1 Å². The number of nitrogens with zero attached hydrogens (tertiary/aromatic N) is 6. The molecule has 0 saturated carbocycles. The van der Waals surface area contributed by atoms with Crippen molar-refractivity contribution in [1.82, 2.24) is 24.9 Å². The summed E-state index contributed by atoms with van der Waals surface area (Å²) in [6.07, 6.45) is 0. The third kappa shape index (κ3) is 3.60. The van der Waals surface area contributed by atoms with Crippen LogP contribution in [0.1, 0.15) is 27.3 Å². The molecule has 0 N–H and O–H groups in total. The van der Waals surface area contributed by atoms with E-state index in [1.807, 2.05) is 72.0 Å². The number of rotatable bonds is 3. The van der Waals surface area contributed by atoms with Gasteiger partial charge in [-0.05, 0) is 61.4 Å². The van der Waals surface area contributed by atoms with E-state index in [1.54, 1.807) is 0 Å². The Balaban J connectivity index is 1.26. The smallest absolute Gasteiger partial charge is 0.253 e. The number of anilines is 1. The molecule has 1 saturated heterocycles. The minimum Gasteiger partial charge on any atom is -0.352 e. The highest BCUT2D eigenvalue weighted by atomic mass is 16.2. The minimum atomic E-state index is 0.0803. The Kier molecular flexibility index (Phi) is 5.09. The maximum absolute atomic E-state index is 13.0. The highest BCUT2D eigenvalue weighted by molar-refractivity contribution is 5.98. The van der Waals surface area contributed by atoms with Crippen LogP contribution in [-0.2, 0) is 0 Å². The largest absolute Gasteiger partial charge is 0.352 e. The van der Waals surface area contributed by atoms with Gasteiger partial charge in [0.1, 0.15) is 0 Å². The van der Waals surface area contributed by atoms with Gasteiger partial charge in [0.15, 0.2) is 11.6 Å².